The highest BCUT2D eigenvalue weighted by atomic mass is 32.2. The van der Waals surface area contributed by atoms with Gasteiger partial charge in [0.05, 0.1) is 21.8 Å². The number of anilines is 2. The Labute approximate surface area is 140 Å². The number of hydrogen-bond acceptors (Lipinski definition) is 4. The van der Waals surface area contributed by atoms with E-state index in [1.54, 1.807) is 0 Å². The Balaban J connectivity index is 1.84. The highest BCUT2D eigenvalue weighted by Gasteiger charge is 2.30. The second-order valence-electron chi connectivity index (χ2n) is 5.18. The van der Waals surface area contributed by atoms with Crippen LogP contribution in [0.4, 0.5) is 24.5 Å². The molecule has 1 aliphatic rings. The normalized spacial score (nSPS) is 14.3. The molecule has 0 saturated carbocycles. The largest absolute Gasteiger partial charge is 0.482 e. The molecule has 10 heteroatoms. The fourth-order valence-electron chi connectivity index (χ4n) is 2.18. The smallest absolute Gasteiger partial charge is 0.416 e. The Hall–Kier alpha value is -2.75. The number of fused-ring (bicyclic) bond motifs is 1. The Morgan fingerprint density at radius 2 is 1.76 bits per heavy atom. The molecule has 1 amide bonds. The number of carbonyl (C=O) groups excluding carboxylic acids is 1. The maximum absolute atomic E-state index is 12.5. The van der Waals surface area contributed by atoms with Crippen molar-refractivity contribution in [3.63, 3.8) is 0 Å². The van der Waals surface area contributed by atoms with Gasteiger partial charge >= 0.3 is 6.18 Å². The summed E-state index contributed by atoms with van der Waals surface area (Å²) >= 11 is 0. The zero-order valence-electron chi connectivity index (χ0n) is 12.4. The van der Waals surface area contributed by atoms with E-state index in [0.717, 1.165) is 12.1 Å². The molecule has 0 fully saturated rings. The van der Waals surface area contributed by atoms with Crippen molar-refractivity contribution in [3.8, 4) is 5.75 Å². The molecule has 0 aromatic heterocycles. The molecule has 2 aromatic rings. The lowest BCUT2D eigenvalue weighted by Gasteiger charge is -2.19. The van der Waals surface area contributed by atoms with Gasteiger partial charge in [-0.05, 0) is 42.5 Å². The molecule has 132 valence electrons. The van der Waals surface area contributed by atoms with Gasteiger partial charge in [0.25, 0.3) is 15.9 Å². The summed E-state index contributed by atoms with van der Waals surface area (Å²) < 4.78 is 69.6. The van der Waals surface area contributed by atoms with E-state index in [4.69, 9.17) is 4.74 Å². The van der Waals surface area contributed by atoms with E-state index >= 15 is 0 Å². The minimum Gasteiger partial charge on any atom is -0.482 e. The summed E-state index contributed by atoms with van der Waals surface area (Å²) in [4.78, 5) is 11.0. The number of rotatable bonds is 3. The van der Waals surface area contributed by atoms with Gasteiger partial charge in [0.2, 0.25) is 0 Å². The van der Waals surface area contributed by atoms with Gasteiger partial charge in [0.1, 0.15) is 5.75 Å². The van der Waals surface area contributed by atoms with E-state index in [0.29, 0.717) is 23.6 Å². The number of halogens is 3. The molecule has 2 N–H and O–H groups in total. The minimum atomic E-state index is -4.55. The first-order chi connectivity index (χ1) is 11.6. The van der Waals surface area contributed by atoms with Gasteiger partial charge < -0.3 is 10.1 Å². The van der Waals surface area contributed by atoms with Crippen LogP contribution < -0.4 is 14.8 Å². The molecule has 1 aliphatic heterocycles. The van der Waals surface area contributed by atoms with Gasteiger partial charge in [0.15, 0.2) is 6.61 Å². The van der Waals surface area contributed by atoms with Gasteiger partial charge in [-0.25, -0.2) is 8.42 Å². The van der Waals surface area contributed by atoms with Crippen LogP contribution in [0.15, 0.2) is 47.4 Å². The van der Waals surface area contributed by atoms with Crippen LogP contribution in [0.2, 0.25) is 0 Å². The van der Waals surface area contributed by atoms with Crippen LogP contribution in [-0.2, 0) is 21.0 Å². The number of amides is 1. The molecule has 0 saturated heterocycles. The molecule has 2 aromatic carbocycles. The first-order valence-corrected chi connectivity index (χ1v) is 8.40. The van der Waals surface area contributed by atoms with Gasteiger partial charge in [-0.1, -0.05) is 0 Å². The molecule has 3 rings (SSSR count). The van der Waals surface area contributed by atoms with E-state index in [1.165, 1.54) is 18.2 Å². The quantitative estimate of drug-likeness (QED) is 0.868. The Kier molecular flexibility index (Phi) is 4.07. The summed E-state index contributed by atoms with van der Waals surface area (Å²) in [5, 5.41) is 2.53. The van der Waals surface area contributed by atoms with Gasteiger partial charge in [0, 0.05) is 0 Å². The van der Waals surface area contributed by atoms with Crippen molar-refractivity contribution in [3.05, 3.63) is 48.0 Å². The summed E-state index contributed by atoms with van der Waals surface area (Å²) in [6, 6.07) is 7.36. The fourth-order valence-corrected chi connectivity index (χ4v) is 3.23. The van der Waals surface area contributed by atoms with Crippen LogP contribution in [0.25, 0.3) is 0 Å². The first kappa shape index (κ1) is 17.1. The maximum atomic E-state index is 12.5. The maximum Gasteiger partial charge on any atom is 0.416 e. The van der Waals surface area contributed by atoms with Gasteiger partial charge in [-0.2, -0.15) is 13.2 Å². The van der Waals surface area contributed by atoms with Crippen molar-refractivity contribution in [2.45, 2.75) is 11.1 Å². The highest BCUT2D eigenvalue weighted by Crippen LogP contribution is 2.32. The number of carbonyl (C=O) groups is 1. The lowest BCUT2D eigenvalue weighted by atomic mass is 10.2. The molecule has 0 unspecified atom stereocenters. The first-order valence-electron chi connectivity index (χ1n) is 6.92. The predicted octanol–water partition coefficient (Wildman–Crippen LogP) is 2.84. The van der Waals surface area contributed by atoms with Crippen molar-refractivity contribution < 1.29 is 31.1 Å². The summed E-state index contributed by atoms with van der Waals surface area (Å²) in [7, 11) is -4.09. The molecule has 0 bridgehead atoms. The molecule has 25 heavy (non-hydrogen) atoms. The zero-order valence-corrected chi connectivity index (χ0v) is 13.2. The van der Waals surface area contributed by atoms with E-state index < -0.39 is 21.8 Å². The van der Waals surface area contributed by atoms with Crippen molar-refractivity contribution in [1.29, 1.82) is 0 Å². The van der Waals surface area contributed by atoms with Crippen LogP contribution >= 0.6 is 0 Å². The van der Waals surface area contributed by atoms with Crippen LogP contribution in [0.1, 0.15) is 5.56 Å². The standard InChI is InChI=1S/C15H11F3N2O4S/c16-15(17,18)9-1-4-11(5-2-9)25(22,23)20-10-3-6-13-12(7-10)19-14(21)8-24-13/h1-7,20H,8H2,(H,19,21). The lowest BCUT2D eigenvalue weighted by Crippen LogP contribution is -2.25. The number of benzene rings is 2. The molecular formula is C15H11F3N2O4S. The van der Waals surface area contributed by atoms with Crippen molar-refractivity contribution in [2.75, 3.05) is 16.6 Å². The topological polar surface area (TPSA) is 84.5 Å². The minimum absolute atomic E-state index is 0.129. The molecule has 0 radical (unpaired) electrons. The third kappa shape index (κ3) is 3.68. The molecule has 0 atom stereocenters. The van der Waals surface area contributed by atoms with E-state index in [-0.39, 0.29) is 23.1 Å². The Bertz CT molecular complexity index is 925. The Morgan fingerprint density at radius 3 is 2.40 bits per heavy atom. The van der Waals surface area contributed by atoms with E-state index in [1.807, 2.05) is 0 Å². The SMILES string of the molecule is O=C1COc2ccc(NS(=O)(=O)c3ccc(C(F)(F)F)cc3)cc2N1. The predicted molar refractivity (Wildman–Crippen MR) is 82.8 cm³/mol. The lowest BCUT2D eigenvalue weighted by molar-refractivity contribution is -0.137. The second kappa shape index (κ2) is 5.96. The van der Waals surface area contributed by atoms with E-state index in [9.17, 15) is 26.4 Å². The summed E-state index contributed by atoms with van der Waals surface area (Å²) in [5.41, 5.74) is -0.520. The van der Waals surface area contributed by atoms with Crippen LogP contribution in [0, 0.1) is 0 Å². The number of alkyl halides is 3. The summed E-state index contributed by atoms with van der Waals surface area (Å²) in [5.74, 6) is 0.00678. The van der Waals surface area contributed by atoms with Crippen molar-refractivity contribution in [2.24, 2.45) is 0 Å². The molecule has 0 spiro atoms. The number of hydrogen-bond donors (Lipinski definition) is 2. The summed E-state index contributed by atoms with van der Waals surface area (Å²) in [6.07, 6.45) is -4.55. The molecular weight excluding hydrogens is 361 g/mol. The zero-order chi connectivity index (χ0) is 18.2. The highest BCUT2D eigenvalue weighted by molar-refractivity contribution is 7.92. The van der Waals surface area contributed by atoms with Gasteiger partial charge in [-0.15, -0.1) is 0 Å². The van der Waals surface area contributed by atoms with Crippen LogP contribution in [0.5, 0.6) is 5.75 Å². The number of ether oxygens (including phenoxy) is 1. The monoisotopic (exact) mass is 372 g/mol. The fraction of sp³-hybridized carbons (Fsp3) is 0.133. The van der Waals surface area contributed by atoms with Crippen molar-refractivity contribution in [1.82, 2.24) is 0 Å². The van der Waals surface area contributed by atoms with Gasteiger partial charge in [-0.3, -0.25) is 9.52 Å². The average molecular weight is 372 g/mol. The molecule has 1 heterocycles. The third-order valence-electron chi connectivity index (χ3n) is 3.36. The molecule has 6 nitrogen and oxygen atoms in total. The third-order valence-corrected chi connectivity index (χ3v) is 4.75. The van der Waals surface area contributed by atoms with Crippen molar-refractivity contribution >= 4 is 27.3 Å². The summed E-state index contributed by atoms with van der Waals surface area (Å²) in [6.45, 7) is -0.135. The molecule has 0 aliphatic carbocycles. The number of sulfonamides is 1. The van der Waals surface area contributed by atoms with Crippen LogP contribution in [0.3, 0.4) is 0 Å². The second-order valence-corrected chi connectivity index (χ2v) is 6.86. The number of nitrogens with one attached hydrogen (secondary N) is 2. The Morgan fingerprint density at radius 1 is 1.08 bits per heavy atom. The van der Waals surface area contributed by atoms with E-state index in [2.05, 4.69) is 10.0 Å². The van der Waals surface area contributed by atoms with Crippen LogP contribution in [-0.4, -0.2) is 20.9 Å². The average Bonchev–Trinajstić information content (AvgIpc) is 2.53.